The van der Waals surface area contributed by atoms with Gasteiger partial charge in [-0.05, 0) is 6.92 Å². The first-order valence-electron chi connectivity index (χ1n) is 2.84. The molecule has 1 rings (SSSR count). The predicted octanol–water partition coefficient (Wildman–Crippen LogP) is 0.232. The van der Waals surface area contributed by atoms with Gasteiger partial charge < -0.3 is 10.2 Å². The van der Waals surface area contributed by atoms with E-state index < -0.39 is 0 Å². The maximum atomic E-state index is 8.39. The van der Waals surface area contributed by atoms with Crippen LogP contribution in [0.5, 0.6) is 0 Å². The lowest BCUT2D eigenvalue weighted by atomic mass is 10.5. The SMILES string of the molecule is C[C@H]1NC(C#N)=CN1C. The number of nitriles is 1. The van der Waals surface area contributed by atoms with Crippen molar-refractivity contribution >= 4 is 0 Å². The Labute approximate surface area is 54.6 Å². The van der Waals surface area contributed by atoms with Crippen molar-refractivity contribution in [3.63, 3.8) is 0 Å². The lowest BCUT2D eigenvalue weighted by molar-refractivity contribution is 0.355. The average Bonchev–Trinajstić information content (AvgIpc) is 2.13. The lowest BCUT2D eigenvalue weighted by Crippen LogP contribution is -2.29. The minimum absolute atomic E-state index is 0.264. The van der Waals surface area contributed by atoms with Crippen molar-refractivity contribution in [2.75, 3.05) is 7.05 Å². The largest absolute Gasteiger partial charge is 0.358 e. The van der Waals surface area contributed by atoms with Gasteiger partial charge in [-0.25, -0.2) is 0 Å². The van der Waals surface area contributed by atoms with Gasteiger partial charge in [-0.1, -0.05) is 0 Å². The quantitative estimate of drug-likeness (QED) is 0.501. The highest BCUT2D eigenvalue weighted by Gasteiger charge is 2.13. The third-order valence-corrected chi connectivity index (χ3v) is 1.43. The van der Waals surface area contributed by atoms with Crippen molar-refractivity contribution in [1.82, 2.24) is 10.2 Å². The third-order valence-electron chi connectivity index (χ3n) is 1.43. The number of allylic oxidation sites excluding steroid dienone is 1. The first-order chi connectivity index (χ1) is 4.24. The van der Waals surface area contributed by atoms with Crippen LogP contribution in [0.25, 0.3) is 0 Å². The second-order valence-corrected chi connectivity index (χ2v) is 2.14. The van der Waals surface area contributed by atoms with Crippen LogP contribution in [0.1, 0.15) is 6.92 Å². The standard InChI is InChI=1S/C6H9N3/c1-5-8-6(3-7)4-9(5)2/h4-5,8H,1-2H3/t5-/m0/s1. The molecule has 1 N–H and O–H groups in total. The van der Waals surface area contributed by atoms with E-state index >= 15 is 0 Å². The number of nitrogens with one attached hydrogen (secondary N) is 1. The van der Waals surface area contributed by atoms with Crippen molar-refractivity contribution < 1.29 is 0 Å². The number of rotatable bonds is 0. The van der Waals surface area contributed by atoms with E-state index in [4.69, 9.17) is 5.26 Å². The van der Waals surface area contributed by atoms with Crippen molar-refractivity contribution in [2.45, 2.75) is 13.1 Å². The van der Waals surface area contributed by atoms with Gasteiger partial charge in [0.1, 0.15) is 11.8 Å². The van der Waals surface area contributed by atoms with Crippen molar-refractivity contribution in [1.29, 1.82) is 5.26 Å². The van der Waals surface area contributed by atoms with Crippen LogP contribution in [-0.2, 0) is 0 Å². The molecule has 3 heteroatoms. The van der Waals surface area contributed by atoms with Gasteiger partial charge in [-0.3, -0.25) is 0 Å². The zero-order chi connectivity index (χ0) is 6.85. The molecule has 0 fully saturated rings. The maximum Gasteiger partial charge on any atom is 0.131 e. The summed E-state index contributed by atoms with van der Waals surface area (Å²) in [5.41, 5.74) is 0.644. The summed E-state index contributed by atoms with van der Waals surface area (Å²) in [5.74, 6) is 0. The molecule has 1 aliphatic heterocycles. The fourth-order valence-corrected chi connectivity index (χ4v) is 0.741. The van der Waals surface area contributed by atoms with Gasteiger partial charge in [0, 0.05) is 13.2 Å². The molecule has 0 aromatic carbocycles. The van der Waals surface area contributed by atoms with Crippen LogP contribution < -0.4 is 5.32 Å². The smallest absolute Gasteiger partial charge is 0.131 e. The highest BCUT2D eigenvalue weighted by molar-refractivity contribution is 5.21. The van der Waals surface area contributed by atoms with Crippen LogP contribution >= 0.6 is 0 Å². The maximum absolute atomic E-state index is 8.39. The fourth-order valence-electron chi connectivity index (χ4n) is 0.741. The van der Waals surface area contributed by atoms with E-state index in [-0.39, 0.29) is 6.17 Å². The molecule has 0 spiro atoms. The molecule has 1 aliphatic rings. The third kappa shape index (κ3) is 0.968. The molecule has 0 amide bonds. The highest BCUT2D eigenvalue weighted by atomic mass is 15.3. The number of hydrogen-bond donors (Lipinski definition) is 1. The summed E-state index contributed by atoms with van der Waals surface area (Å²) in [5, 5.41) is 11.4. The molecule has 0 bridgehead atoms. The van der Waals surface area contributed by atoms with Gasteiger partial charge in [0.2, 0.25) is 0 Å². The molecule has 0 aromatic heterocycles. The Morgan fingerprint density at radius 3 is 2.78 bits per heavy atom. The lowest BCUT2D eigenvalue weighted by Gasteiger charge is -2.14. The van der Waals surface area contributed by atoms with E-state index in [2.05, 4.69) is 5.32 Å². The van der Waals surface area contributed by atoms with E-state index in [1.54, 1.807) is 6.20 Å². The molecule has 48 valence electrons. The summed E-state index contributed by atoms with van der Waals surface area (Å²) in [7, 11) is 1.93. The fraction of sp³-hybridized carbons (Fsp3) is 0.500. The van der Waals surface area contributed by atoms with Crippen molar-refractivity contribution in [3.8, 4) is 6.07 Å². The van der Waals surface area contributed by atoms with Gasteiger partial charge in [-0.2, -0.15) is 5.26 Å². The molecule has 1 heterocycles. The molecule has 0 saturated heterocycles. The van der Waals surface area contributed by atoms with E-state index in [1.165, 1.54) is 0 Å². The van der Waals surface area contributed by atoms with Gasteiger partial charge >= 0.3 is 0 Å². The van der Waals surface area contributed by atoms with Gasteiger partial charge in [0.15, 0.2) is 0 Å². The summed E-state index contributed by atoms with van der Waals surface area (Å²) >= 11 is 0. The van der Waals surface area contributed by atoms with Gasteiger partial charge in [0.25, 0.3) is 0 Å². The summed E-state index contributed by atoms with van der Waals surface area (Å²) in [6.07, 6.45) is 2.06. The molecular weight excluding hydrogens is 114 g/mol. The number of nitrogens with zero attached hydrogens (tertiary/aromatic N) is 2. The topological polar surface area (TPSA) is 39.1 Å². The molecule has 0 aromatic rings. The Morgan fingerprint density at radius 2 is 2.56 bits per heavy atom. The van der Waals surface area contributed by atoms with E-state index in [9.17, 15) is 0 Å². The molecule has 9 heavy (non-hydrogen) atoms. The highest BCUT2D eigenvalue weighted by Crippen LogP contribution is 2.05. The predicted molar refractivity (Wildman–Crippen MR) is 34.1 cm³/mol. The van der Waals surface area contributed by atoms with Crippen LogP contribution in [0.4, 0.5) is 0 Å². The molecule has 0 aliphatic carbocycles. The Morgan fingerprint density at radius 1 is 1.89 bits per heavy atom. The Balaban J connectivity index is 2.65. The zero-order valence-electron chi connectivity index (χ0n) is 5.55. The van der Waals surface area contributed by atoms with Crippen LogP contribution in [0.15, 0.2) is 11.9 Å². The normalized spacial score (nSPS) is 24.8. The molecule has 3 nitrogen and oxygen atoms in total. The summed E-state index contributed by atoms with van der Waals surface area (Å²) < 4.78 is 0. The second-order valence-electron chi connectivity index (χ2n) is 2.14. The van der Waals surface area contributed by atoms with Crippen molar-refractivity contribution in [3.05, 3.63) is 11.9 Å². The van der Waals surface area contributed by atoms with E-state index in [0.717, 1.165) is 0 Å². The Bertz CT molecular complexity index is 177. The Kier molecular flexibility index (Phi) is 1.31. The molecule has 0 unspecified atom stereocenters. The van der Waals surface area contributed by atoms with Crippen LogP contribution in [0.3, 0.4) is 0 Å². The zero-order valence-corrected chi connectivity index (χ0v) is 5.55. The van der Waals surface area contributed by atoms with E-state index in [1.807, 2.05) is 24.9 Å². The van der Waals surface area contributed by atoms with Crippen LogP contribution in [0, 0.1) is 11.3 Å². The number of hydrogen-bond acceptors (Lipinski definition) is 3. The molecule has 0 saturated carbocycles. The minimum atomic E-state index is 0.264. The van der Waals surface area contributed by atoms with Crippen LogP contribution in [-0.4, -0.2) is 18.1 Å². The average molecular weight is 123 g/mol. The summed E-state index contributed by atoms with van der Waals surface area (Å²) in [6.45, 7) is 2.00. The van der Waals surface area contributed by atoms with Crippen LogP contribution in [0.2, 0.25) is 0 Å². The molecular formula is C6H9N3. The first kappa shape index (κ1) is 5.96. The summed E-state index contributed by atoms with van der Waals surface area (Å²) in [4.78, 5) is 1.96. The molecule has 1 atom stereocenters. The first-order valence-corrected chi connectivity index (χ1v) is 2.84. The van der Waals surface area contributed by atoms with Gasteiger partial charge in [0.05, 0.1) is 6.17 Å². The summed E-state index contributed by atoms with van der Waals surface area (Å²) in [6, 6.07) is 2.03. The molecule has 0 radical (unpaired) electrons. The Hall–Kier alpha value is -1.17. The minimum Gasteiger partial charge on any atom is -0.358 e. The van der Waals surface area contributed by atoms with E-state index in [0.29, 0.717) is 5.70 Å². The van der Waals surface area contributed by atoms with Gasteiger partial charge in [-0.15, -0.1) is 0 Å². The van der Waals surface area contributed by atoms with Crippen molar-refractivity contribution in [2.24, 2.45) is 0 Å². The second kappa shape index (κ2) is 1.98. The monoisotopic (exact) mass is 123 g/mol.